The van der Waals surface area contributed by atoms with Crippen molar-refractivity contribution in [3.8, 4) is 0 Å². The van der Waals surface area contributed by atoms with Crippen LogP contribution >= 0.6 is 0 Å². The Kier molecular flexibility index (Phi) is 4.42. The fraction of sp³-hybridized carbons (Fsp3) is 0.211. The summed E-state index contributed by atoms with van der Waals surface area (Å²) in [6, 6.07) is 12.4. The van der Waals surface area contributed by atoms with E-state index in [2.05, 4.69) is 12.2 Å². The molecule has 0 aliphatic rings. The lowest BCUT2D eigenvalue weighted by atomic mass is 10.1. The highest BCUT2D eigenvalue weighted by Crippen LogP contribution is 2.23. The van der Waals surface area contributed by atoms with Crippen molar-refractivity contribution >= 4 is 16.9 Å². The van der Waals surface area contributed by atoms with Crippen molar-refractivity contribution in [3.05, 3.63) is 71.2 Å². The average molecular weight is 311 g/mol. The van der Waals surface area contributed by atoms with Crippen molar-refractivity contribution in [1.82, 2.24) is 5.32 Å². The fourth-order valence-electron chi connectivity index (χ4n) is 2.56. The van der Waals surface area contributed by atoms with E-state index in [1.165, 1.54) is 11.6 Å². The number of aryl methyl sites for hydroxylation is 1. The van der Waals surface area contributed by atoms with E-state index >= 15 is 0 Å². The lowest BCUT2D eigenvalue weighted by Crippen LogP contribution is -2.24. The highest BCUT2D eigenvalue weighted by atomic mass is 19.1. The molecule has 0 spiro atoms. The standard InChI is InChI=1S/C19H18FNO2/c1-2-13-7-8-16-15(12-23-18(16)9-13)10-19(22)21-11-14-5-3-4-6-17(14)20/h3-9,12H,2,10-11H2,1H3,(H,21,22). The maximum absolute atomic E-state index is 13.5. The first-order valence-electron chi connectivity index (χ1n) is 7.66. The summed E-state index contributed by atoms with van der Waals surface area (Å²) >= 11 is 0. The molecule has 3 aromatic rings. The summed E-state index contributed by atoms with van der Waals surface area (Å²) in [5.41, 5.74) is 3.31. The van der Waals surface area contributed by atoms with Crippen LogP contribution < -0.4 is 5.32 Å². The summed E-state index contributed by atoms with van der Waals surface area (Å²) in [5.74, 6) is -0.468. The average Bonchev–Trinajstić information content (AvgIpc) is 2.96. The van der Waals surface area contributed by atoms with Crippen LogP contribution in [-0.2, 0) is 24.2 Å². The van der Waals surface area contributed by atoms with E-state index in [-0.39, 0.29) is 24.7 Å². The topological polar surface area (TPSA) is 42.2 Å². The van der Waals surface area contributed by atoms with E-state index in [1.807, 2.05) is 18.2 Å². The minimum absolute atomic E-state index is 0.157. The molecule has 1 amide bonds. The number of rotatable bonds is 5. The number of hydrogen-bond acceptors (Lipinski definition) is 2. The zero-order valence-electron chi connectivity index (χ0n) is 12.9. The first-order valence-corrected chi connectivity index (χ1v) is 7.66. The molecule has 0 saturated heterocycles. The van der Waals surface area contributed by atoms with E-state index in [0.717, 1.165) is 23.0 Å². The predicted octanol–water partition coefficient (Wildman–Crippen LogP) is 3.99. The molecule has 1 aromatic heterocycles. The van der Waals surface area contributed by atoms with Crippen LogP contribution in [0.4, 0.5) is 4.39 Å². The van der Waals surface area contributed by atoms with Gasteiger partial charge in [0.15, 0.2) is 0 Å². The molecule has 23 heavy (non-hydrogen) atoms. The molecule has 0 unspecified atom stereocenters. The highest BCUT2D eigenvalue weighted by Gasteiger charge is 2.11. The Morgan fingerprint density at radius 2 is 2.00 bits per heavy atom. The first-order chi connectivity index (χ1) is 11.2. The van der Waals surface area contributed by atoms with Crippen molar-refractivity contribution < 1.29 is 13.6 Å². The number of hydrogen-bond donors (Lipinski definition) is 1. The third kappa shape index (κ3) is 3.42. The van der Waals surface area contributed by atoms with Crippen molar-refractivity contribution in [1.29, 1.82) is 0 Å². The molecule has 1 N–H and O–H groups in total. The van der Waals surface area contributed by atoms with Crippen LogP contribution in [0.25, 0.3) is 11.0 Å². The number of halogens is 1. The van der Waals surface area contributed by atoms with Crippen molar-refractivity contribution in [2.24, 2.45) is 0 Å². The molecule has 2 aromatic carbocycles. The van der Waals surface area contributed by atoms with Crippen LogP contribution in [0.3, 0.4) is 0 Å². The SMILES string of the molecule is CCc1ccc2c(CC(=O)NCc3ccccc3F)coc2c1. The molecule has 0 radical (unpaired) electrons. The Balaban J connectivity index is 1.67. The Morgan fingerprint density at radius 1 is 1.17 bits per heavy atom. The van der Waals surface area contributed by atoms with Gasteiger partial charge in [-0.15, -0.1) is 0 Å². The molecule has 0 aliphatic carbocycles. The zero-order chi connectivity index (χ0) is 16.2. The second-order valence-corrected chi connectivity index (χ2v) is 5.49. The van der Waals surface area contributed by atoms with E-state index in [9.17, 15) is 9.18 Å². The monoisotopic (exact) mass is 311 g/mol. The first kappa shape index (κ1) is 15.3. The fourth-order valence-corrected chi connectivity index (χ4v) is 2.56. The van der Waals surface area contributed by atoms with Crippen LogP contribution in [0.2, 0.25) is 0 Å². The maximum atomic E-state index is 13.5. The molecular weight excluding hydrogens is 293 g/mol. The van der Waals surface area contributed by atoms with Gasteiger partial charge in [-0.2, -0.15) is 0 Å². The van der Waals surface area contributed by atoms with Gasteiger partial charge in [-0.25, -0.2) is 4.39 Å². The van der Waals surface area contributed by atoms with Gasteiger partial charge in [-0.3, -0.25) is 4.79 Å². The van der Waals surface area contributed by atoms with Crippen molar-refractivity contribution in [3.63, 3.8) is 0 Å². The van der Waals surface area contributed by atoms with E-state index in [1.54, 1.807) is 24.5 Å². The van der Waals surface area contributed by atoms with Gasteiger partial charge in [0.2, 0.25) is 5.91 Å². The zero-order valence-corrected chi connectivity index (χ0v) is 12.9. The molecule has 0 fully saturated rings. The molecular formula is C19H18FNO2. The molecule has 4 heteroatoms. The molecule has 3 rings (SSSR count). The summed E-state index contributed by atoms with van der Waals surface area (Å²) in [6.45, 7) is 2.27. The molecule has 118 valence electrons. The van der Waals surface area contributed by atoms with E-state index < -0.39 is 0 Å². The van der Waals surface area contributed by atoms with Crippen LogP contribution in [0.1, 0.15) is 23.6 Å². The third-order valence-corrected chi connectivity index (χ3v) is 3.91. The lowest BCUT2D eigenvalue weighted by Gasteiger charge is -2.05. The summed E-state index contributed by atoms with van der Waals surface area (Å²) in [4.78, 5) is 12.1. The van der Waals surface area contributed by atoms with Gasteiger partial charge in [0.05, 0.1) is 12.7 Å². The number of nitrogens with one attached hydrogen (secondary N) is 1. The number of amides is 1. The summed E-state index contributed by atoms with van der Waals surface area (Å²) in [6.07, 6.45) is 2.77. The highest BCUT2D eigenvalue weighted by molar-refractivity contribution is 5.87. The van der Waals surface area contributed by atoms with Crippen LogP contribution in [0.15, 0.2) is 53.1 Å². The van der Waals surface area contributed by atoms with Gasteiger partial charge in [-0.05, 0) is 24.1 Å². The summed E-state index contributed by atoms with van der Waals surface area (Å²) in [5, 5.41) is 3.69. The van der Waals surface area contributed by atoms with Gasteiger partial charge >= 0.3 is 0 Å². The minimum Gasteiger partial charge on any atom is -0.464 e. The van der Waals surface area contributed by atoms with Crippen LogP contribution in [-0.4, -0.2) is 5.91 Å². The summed E-state index contributed by atoms with van der Waals surface area (Å²) in [7, 11) is 0. The quantitative estimate of drug-likeness (QED) is 0.774. The Labute approximate surface area is 134 Å². The molecule has 0 saturated carbocycles. The number of benzene rings is 2. The number of furan rings is 1. The second-order valence-electron chi connectivity index (χ2n) is 5.49. The van der Waals surface area contributed by atoms with Gasteiger partial charge in [0.25, 0.3) is 0 Å². The van der Waals surface area contributed by atoms with Crippen LogP contribution in [0.5, 0.6) is 0 Å². The third-order valence-electron chi connectivity index (χ3n) is 3.91. The lowest BCUT2D eigenvalue weighted by molar-refractivity contribution is -0.120. The number of fused-ring (bicyclic) bond motifs is 1. The number of carbonyl (C=O) groups is 1. The smallest absolute Gasteiger partial charge is 0.224 e. The van der Waals surface area contributed by atoms with Gasteiger partial charge in [0.1, 0.15) is 11.4 Å². The largest absolute Gasteiger partial charge is 0.464 e. The molecule has 0 aliphatic heterocycles. The molecule has 3 nitrogen and oxygen atoms in total. The minimum atomic E-state index is -0.311. The summed E-state index contributed by atoms with van der Waals surface area (Å²) < 4.78 is 19.1. The van der Waals surface area contributed by atoms with Crippen LogP contribution in [0, 0.1) is 5.82 Å². The van der Waals surface area contributed by atoms with E-state index in [4.69, 9.17) is 4.42 Å². The van der Waals surface area contributed by atoms with Gasteiger partial charge < -0.3 is 9.73 Å². The Hall–Kier alpha value is -2.62. The molecule has 0 bridgehead atoms. The number of carbonyl (C=O) groups excluding carboxylic acids is 1. The van der Waals surface area contributed by atoms with Crippen molar-refractivity contribution in [2.75, 3.05) is 0 Å². The Morgan fingerprint density at radius 3 is 2.78 bits per heavy atom. The van der Waals surface area contributed by atoms with Gasteiger partial charge in [0, 0.05) is 23.1 Å². The van der Waals surface area contributed by atoms with Gasteiger partial charge in [-0.1, -0.05) is 37.3 Å². The maximum Gasteiger partial charge on any atom is 0.224 e. The van der Waals surface area contributed by atoms with Crippen molar-refractivity contribution in [2.45, 2.75) is 26.3 Å². The predicted molar refractivity (Wildman–Crippen MR) is 87.5 cm³/mol. The Bertz CT molecular complexity index is 838. The second kappa shape index (κ2) is 6.65. The van der Waals surface area contributed by atoms with E-state index in [0.29, 0.717) is 5.56 Å². The molecule has 0 atom stereocenters. The molecule has 1 heterocycles. The normalized spacial score (nSPS) is 10.9.